The van der Waals surface area contributed by atoms with Gasteiger partial charge in [0.15, 0.2) is 5.82 Å². The number of aromatic amines is 1. The van der Waals surface area contributed by atoms with Gasteiger partial charge >= 0.3 is 0 Å². The first kappa shape index (κ1) is 20.4. The summed E-state index contributed by atoms with van der Waals surface area (Å²) in [5.41, 5.74) is 3.42. The first-order valence-electron chi connectivity index (χ1n) is 10.9. The predicted molar refractivity (Wildman–Crippen MR) is 117 cm³/mol. The van der Waals surface area contributed by atoms with Gasteiger partial charge in [-0.3, -0.25) is 14.7 Å². The van der Waals surface area contributed by atoms with Crippen LogP contribution in [0.15, 0.2) is 43.0 Å². The highest BCUT2D eigenvalue weighted by Crippen LogP contribution is 2.39. The highest BCUT2D eigenvalue weighted by molar-refractivity contribution is 5.94. The van der Waals surface area contributed by atoms with E-state index in [-0.39, 0.29) is 23.8 Å². The minimum absolute atomic E-state index is 0.0462. The Balaban J connectivity index is 1.30. The summed E-state index contributed by atoms with van der Waals surface area (Å²) in [4.78, 5) is 24.1. The normalized spacial score (nSPS) is 22.2. The summed E-state index contributed by atoms with van der Waals surface area (Å²) in [6.07, 6.45) is 7.81. The highest BCUT2D eigenvalue weighted by Gasteiger charge is 2.26. The van der Waals surface area contributed by atoms with Crippen LogP contribution in [0.25, 0.3) is 0 Å². The number of nitrogens with one attached hydrogen (secondary N) is 3. The molecule has 2 amide bonds. The number of nitrogens with zero attached hydrogens (tertiary/aromatic N) is 1. The third kappa shape index (κ3) is 4.81. The van der Waals surface area contributed by atoms with E-state index in [1.54, 1.807) is 0 Å². The summed E-state index contributed by atoms with van der Waals surface area (Å²) in [7, 11) is 0. The molecule has 1 aromatic heterocycles. The molecule has 2 aliphatic rings. The van der Waals surface area contributed by atoms with E-state index < -0.39 is 0 Å². The average Bonchev–Trinajstić information content (AvgIpc) is 3.53. The van der Waals surface area contributed by atoms with Crippen LogP contribution in [0.4, 0.5) is 5.82 Å². The molecule has 0 radical (unpaired) electrons. The van der Waals surface area contributed by atoms with Crippen LogP contribution in [-0.2, 0) is 9.59 Å². The summed E-state index contributed by atoms with van der Waals surface area (Å²) < 4.78 is 0. The van der Waals surface area contributed by atoms with Gasteiger partial charge in [-0.2, -0.15) is 5.10 Å². The molecule has 6 heteroatoms. The van der Waals surface area contributed by atoms with Crippen molar-refractivity contribution in [1.82, 2.24) is 15.5 Å². The lowest BCUT2D eigenvalue weighted by Gasteiger charge is -2.29. The van der Waals surface area contributed by atoms with Gasteiger partial charge in [-0.1, -0.05) is 30.8 Å². The monoisotopic (exact) mass is 406 g/mol. The quantitative estimate of drug-likeness (QED) is 0.597. The molecule has 0 aliphatic heterocycles. The number of rotatable bonds is 7. The summed E-state index contributed by atoms with van der Waals surface area (Å²) in [6.45, 7) is 5.43. The standard InChI is InChI=1S/C24H30N4O2/c1-3-23(29)25-20-12-10-18(11-13-20)17-6-4-16(5-7-17)15(2)24(30)26-22-14-21(27-28-22)19-8-9-19/h3-7,14-15,18-20H,1,8-13H2,2H3,(H,25,29)(H2,26,27,28,30). The largest absolute Gasteiger partial charge is 0.350 e. The van der Waals surface area contributed by atoms with Crippen molar-refractivity contribution in [2.45, 2.75) is 69.2 Å². The van der Waals surface area contributed by atoms with E-state index in [0.29, 0.717) is 17.7 Å². The van der Waals surface area contributed by atoms with Crippen LogP contribution >= 0.6 is 0 Å². The molecule has 1 aromatic carbocycles. The van der Waals surface area contributed by atoms with Crippen LogP contribution in [0.2, 0.25) is 0 Å². The molecule has 0 spiro atoms. The molecule has 6 nitrogen and oxygen atoms in total. The maximum absolute atomic E-state index is 12.6. The maximum Gasteiger partial charge on any atom is 0.243 e. The zero-order valence-electron chi connectivity index (χ0n) is 17.5. The van der Waals surface area contributed by atoms with E-state index in [2.05, 4.69) is 51.7 Å². The Bertz CT molecular complexity index is 906. The van der Waals surface area contributed by atoms with E-state index in [0.717, 1.165) is 36.9 Å². The molecular weight excluding hydrogens is 376 g/mol. The molecule has 0 bridgehead atoms. The Kier molecular flexibility index (Phi) is 6.02. The van der Waals surface area contributed by atoms with E-state index in [9.17, 15) is 9.59 Å². The third-order valence-corrected chi connectivity index (χ3v) is 6.43. The summed E-state index contributed by atoms with van der Waals surface area (Å²) in [6, 6.07) is 10.6. The van der Waals surface area contributed by atoms with Crippen molar-refractivity contribution in [3.8, 4) is 0 Å². The number of hydrogen-bond donors (Lipinski definition) is 3. The lowest BCUT2D eigenvalue weighted by molar-refractivity contribution is -0.118. The second kappa shape index (κ2) is 8.86. The number of anilines is 1. The zero-order valence-corrected chi connectivity index (χ0v) is 17.5. The molecule has 158 valence electrons. The number of amides is 2. The Morgan fingerprint density at radius 3 is 2.40 bits per heavy atom. The van der Waals surface area contributed by atoms with Gasteiger partial charge in [0.05, 0.1) is 5.92 Å². The van der Waals surface area contributed by atoms with Crippen molar-refractivity contribution in [2.24, 2.45) is 0 Å². The van der Waals surface area contributed by atoms with Gasteiger partial charge in [0.2, 0.25) is 11.8 Å². The molecule has 0 saturated heterocycles. The lowest BCUT2D eigenvalue weighted by Crippen LogP contribution is -2.36. The van der Waals surface area contributed by atoms with Gasteiger partial charge in [-0.05, 0) is 68.6 Å². The van der Waals surface area contributed by atoms with Crippen LogP contribution in [-0.4, -0.2) is 28.1 Å². The van der Waals surface area contributed by atoms with E-state index in [1.165, 1.54) is 24.5 Å². The number of H-pyrrole nitrogens is 1. The molecule has 2 aromatic rings. The molecule has 2 aliphatic carbocycles. The van der Waals surface area contributed by atoms with Crippen molar-refractivity contribution in [1.29, 1.82) is 0 Å². The minimum Gasteiger partial charge on any atom is -0.350 e. The van der Waals surface area contributed by atoms with Gasteiger partial charge in [-0.15, -0.1) is 0 Å². The molecule has 4 rings (SSSR count). The van der Waals surface area contributed by atoms with Crippen molar-refractivity contribution in [3.05, 3.63) is 59.8 Å². The molecule has 3 N–H and O–H groups in total. The number of hydrogen-bond acceptors (Lipinski definition) is 3. The van der Waals surface area contributed by atoms with Crippen LogP contribution in [0.3, 0.4) is 0 Å². The summed E-state index contributed by atoms with van der Waals surface area (Å²) in [5.74, 6) is 1.31. The zero-order chi connectivity index (χ0) is 21.1. The van der Waals surface area contributed by atoms with E-state index in [1.807, 2.05) is 13.0 Å². The van der Waals surface area contributed by atoms with Crippen LogP contribution in [0.1, 0.15) is 80.0 Å². The smallest absolute Gasteiger partial charge is 0.243 e. The molecule has 1 heterocycles. The number of benzene rings is 1. The van der Waals surface area contributed by atoms with Crippen molar-refractivity contribution in [3.63, 3.8) is 0 Å². The van der Waals surface area contributed by atoms with Gasteiger partial charge in [0.1, 0.15) is 0 Å². The topological polar surface area (TPSA) is 86.9 Å². The number of carbonyl (C=O) groups excluding carboxylic acids is 2. The molecular formula is C24H30N4O2. The lowest BCUT2D eigenvalue weighted by atomic mass is 9.81. The average molecular weight is 407 g/mol. The molecule has 2 saturated carbocycles. The fourth-order valence-corrected chi connectivity index (χ4v) is 4.28. The maximum atomic E-state index is 12.6. The first-order chi connectivity index (χ1) is 14.5. The fourth-order valence-electron chi connectivity index (χ4n) is 4.28. The number of carbonyl (C=O) groups is 2. The molecule has 30 heavy (non-hydrogen) atoms. The van der Waals surface area contributed by atoms with Gasteiger partial charge in [-0.25, -0.2) is 0 Å². The van der Waals surface area contributed by atoms with Gasteiger partial charge < -0.3 is 10.6 Å². The Morgan fingerprint density at radius 2 is 1.77 bits per heavy atom. The molecule has 1 atom stereocenters. The van der Waals surface area contributed by atoms with Crippen molar-refractivity contribution >= 4 is 17.6 Å². The predicted octanol–water partition coefficient (Wildman–Crippen LogP) is 4.36. The third-order valence-electron chi connectivity index (χ3n) is 6.43. The van der Waals surface area contributed by atoms with Crippen LogP contribution in [0, 0.1) is 0 Å². The molecule has 1 unspecified atom stereocenters. The second-order valence-electron chi connectivity index (χ2n) is 8.62. The van der Waals surface area contributed by atoms with E-state index in [4.69, 9.17) is 0 Å². The van der Waals surface area contributed by atoms with Crippen molar-refractivity contribution in [2.75, 3.05) is 5.32 Å². The van der Waals surface area contributed by atoms with Crippen LogP contribution in [0.5, 0.6) is 0 Å². The first-order valence-corrected chi connectivity index (χ1v) is 10.9. The summed E-state index contributed by atoms with van der Waals surface area (Å²) >= 11 is 0. The fraction of sp³-hybridized carbons (Fsp3) is 0.458. The Labute approximate surface area is 177 Å². The summed E-state index contributed by atoms with van der Waals surface area (Å²) in [5, 5.41) is 13.2. The van der Waals surface area contributed by atoms with Gasteiger partial charge in [0, 0.05) is 23.7 Å². The SMILES string of the molecule is C=CC(=O)NC1CCC(c2ccc(C(C)C(=O)Nc3cc(C4CC4)[nH]n3)cc2)CC1. The highest BCUT2D eigenvalue weighted by atomic mass is 16.2. The Hall–Kier alpha value is -2.89. The number of aromatic nitrogens is 2. The van der Waals surface area contributed by atoms with Crippen LogP contribution < -0.4 is 10.6 Å². The van der Waals surface area contributed by atoms with Gasteiger partial charge in [0.25, 0.3) is 0 Å². The molecule has 2 fully saturated rings. The van der Waals surface area contributed by atoms with Crippen molar-refractivity contribution < 1.29 is 9.59 Å². The second-order valence-corrected chi connectivity index (χ2v) is 8.62. The minimum atomic E-state index is -0.245. The Morgan fingerprint density at radius 1 is 1.10 bits per heavy atom. The van der Waals surface area contributed by atoms with E-state index >= 15 is 0 Å².